The molecule has 4 aliphatic carbocycles. The van der Waals surface area contributed by atoms with Gasteiger partial charge in [0, 0.05) is 23.9 Å². The number of methoxy groups -OCH3 is 1. The largest absolute Gasteiger partial charge is 0.449 e. The van der Waals surface area contributed by atoms with Crippen molar-refractivity contribution in [1.82, 2.24) is 0 Å². The minimum absolute atomic E-state index is 0.0172. The molecule has 0 amide bonds. The Balaban J connectivity index is 1.76. The lowest BCUT2D eigenvalue weighted by Crippen LogP contribution is -2.63. The molecule has 4 rings (SSSR count). The van der Waals surface area contributed by atoms with Crippen molar-refractivity contribution in [1.29, 1.82) is 0 Å². The van der Waals surface area contributed by atoms with Crippen LogP contribution in [0.2, 0.25) is 0 Å². The van der Waals surface area contributed by atoms with E-state index in [9.17, 15) is 24.6 Å². The molecule has 0 aromatic heterocycles. The van der Waals surface area contributed by atoms with E-state index in [2.05, 4.69) is 13.8 Å². The maximum Gasteiger partial charge on any atom is 0.333 e. The summed E-state index contributed by atoms with van der Waals surface area (Å²) in [6.45, 7) is 5.14. The number of ketones is 2. The number of Topliss-reactive ketones (excluding diaryl/α,β-unsaturated/α-hetero) is 1. The lowest BCUT2D eigenvalue weighted by Gasteiger charge is -2.61. The van der Waals surface area contributed by atoms with E-state index >= 15 is 0 Å². The minimum atomic E-state index is -1.48. The Morgan fingerprint density at radius 2 is 2.00 bits per heavy atom. The van der Waals surface area contributed by atoms with Crippen LogP contribution in [0, 0.1) is 34.5 Å². The highest BCUT2D eigenvalue weighted by molar-refractivity contribution is 6.01. The number of esters is 1. The van der Waals surface area contributed by atoms with Gasteiger partial charge in [-0.25, -0.2) is 4.79 Å². The molecule has 0 heterocycles. The van der Waals surface area contributed by atoms with Gasteiger partial charge in [0.1, 0.15) is 13.2 Å². The molecule has 32 heavy (non-hydrogen) atoms. The van der Waals surface area contributed by atoms with Crippen molar-refractivity contribution in [2.45, 2.75) is 58.2 Å². The quantitative estimate of drug-likeness (QED) is 0.622. The van der Waals surface area contributed by atoms with Crippen LogP contribution < -0.4 is 0 Å². The molecular formula is C25H34O7. The summed E-state index contributed by atoms with van der Waals surface area (Å²) in [5.41, 5.74) is -1.65. The van der Waals surface area contributed by atoms with E-state index in [0.717, 1.165) is 12.0 Å². The Hall–Kier alpha value is -1.83. The Kier molecular flexibility index (Phi) is 5.75. The number of fused-ring (bicyclic) bond motifs is 5. The normalized spacial score (nSPS) is 44.9. The van der Waals surface area contributed by atoms with Gasteiger partial charge >= 0.3 is 5.97 Å². The molecule has 7 heteroatoms. The number of carbonyl (C=O) groups excluding carboxylic acids is 3. The van der Waals surface area contributed by atoms with Crippen LogP contribution in [0.25, 0.3) is 0 Å². The highest BCUT2D eigenvalue weighted by Crippen LogP contribution is 2.68. The number of hydrogen-bond acceptors (Lipinski definition) is 7. The fourth-order valence-corrected chi connectivity index (χ4v) is 7.89. The molecule has 0 saturated heterocycles. The van der Waals surface area contributed by atoms with E-state index in [0.29, 0.717) is 12.8 Å². The van der Waals surface area contributed by atoms with Gasteiger partial charge in [0.25, 0.3) is 0 Å². The molecule has 0 unspecified atom stereocenters. The van der Waals surface area contributed by atoms with Gasteiger partial charge in [-0.3, -0.25) is 9.59 Å². The van der Waals surface area contributed by atoms with Crippen LogP contribution >= 0.6 is 0 Å². The van der Waals surface area contributed by atoms with Gasteiger partial charge in [-0.1, -0.05) is 32.4 Å². The molecule has 3 fully saturated rings. The number of carbonyl (C=O) groups is 3. The second-order valence-corrected chi connectivity index (χ2v) is 10.6. The molecule has 4 aliphatic rings. The van der Waals surface area contributed by atoms with Crippen molar-refractivity contribution in [2.75, 3.05) is 20.3 Å². The Bertz CT molecular complexity index is 891. The maximum atomic E-state index is 13.1. The number of aliphatic hydroxyl groups is 2. The summed E-state index contributed by atoms with van der Waals surface area (Å²) in [5, 5.41) is 21.3. The summed E-state index contributed by atoms with van der Waals surface area (Å²) in [5.74, 6) is -0.989. The smallest absolute Gasteiger partial charge is 0.333 e. The van der Waals surface area contributed by atoms with Crippen molar-refractivity contribution in [3.05, 3.63) is 23.8 Å². The molecule has 7 nitrogen and oxygen atoms in total. The number of allylic oxidation sites excluding steroid dienone is 4. The highest BCUT2D eigenvalue weighted by atomic mass is 16.6. The van der Waals surface area contributed by atoms with Gasteiger partial charge in [-0.15, -0.1) is 0 Å². The summed E-state index contributed by atoms with van der Waals surface area (Å²) >= 11 is 0. The lowest BCUT2D eigenvalue weighted by atomic mass is 9.44. The zero-order chi connectivity index (χ0) is 23.5. The first kappa shape index (κ1) is 23.3. The molecule has 0 radical (unpaired) electrons. The van der Waals surface area contributed by atoms with Crippen molar-refractivity contribution in [3.8, 4) is 0 Å². The molecule has 0 spiro atoms. The van der Waals surface area contributed by atoms with E-state index in [1.807, 2.05) is 13.0 Å². The number of rotatable bonds is 5. The first-order valence-corrected chi connectivity index (χ1v) is 11.5. The van der Waals surface area contributed by atoms with Crippen LogP contribution in [0.15, 0.2) is 23.8 Å². The van der Waals surface area contributed by atoms with Crippen LogP contribution in [-0.2, 0) is 23.9 Å². The third-order valence-corrected chi connectivity index (χ3v) is 9.08. The molecule has 0 bridgehead atoms. The molecule has 3 saturated carbocycles. The predicted molar refractivity (Wildman–Crippen MR) is 115 cm³/mol. The topological polar surface area (TPSA) is 110 Å². The molecule has 0 aromatic carbocycles. The average molecular weight is 447 g/mol. The van der Waals surface area contributed by atoms with E-state index in [1.165, 1.54) is 7.11 Å². The fourth-order valence-electron chi connectivity index (χ4n) is 7.89. The molecule has 2 N–H and O–H groups in total. The summed E-state index contributed by atoms with van der Waals surface area (Å²) in [6, 6.07) is 0. The summed E-state index contributed by atoms with van der Waals surface area (Å²) in [7, 11) is 1.38. The third-order valence-electron chi connectivity index (χ3n) is 9.08. The molecular weight excluding hydrogens is 412 g/mol. The highest BCUT2D eigenvalue weighted by Gasteiger charge is 2.70. The number of ether oxygens (including phenoxy) is 2. The van der Waals surface area contributed by atoms with Crippen molar-refractivity contribution >= 4 is 17.5 Å². The van der Waals surface area contributed by atoms with Crippen LogP contribution in [-0.4, -0.2) is 59.8 Å². The number of aliphatic hydroxyl groups excluding tert-OH is 2. The summed E-state index contributed by atoms with van der Waals surface area (Å²) in [4.78, 5) is 37.6. The molecule has 176 valence electrons. The van der Waals surface area contributed by atoms with E-state index < -0.39 is 40.9 Å². The van der Waals surface area contributed by atoms with Crippen LogP contribution in [0.3, 0.4) is 0 Å². The monoisotopic (exact) mass is 446 g/mol. The van der Waals surface area contributed by atoms with Crippen molar-refractivity contribution in [2.24, 2.45) is 34.5 Å². The van der Waals surface area contributed by atoms with Gasteiger partial charge in [0.05, 0.1) is 6.10 Å². The van der Waals surface area contributed by atoms with Gasteiger partial charge in [0.2, 0.25) is 5.78 Å². The zero-order valence-electron chi connectivity index (χ0n) is 19.3. The fraction of sp³-hybridized carbons (Fsp3) is 0.720. The van der Waals surface area contributed by atoms with Gasteiger partial charge in [0.15, 0.2) is 11.4 Å². The van der Waals surface area contributed by atoms with Crippen molar-refractivity contribution < 1.29 is 34.1 Å². The number of hydrogen-bond donors (Lipinski definition) is 2. The van der Waals surface area contributed by atoms with E-state index in [1.54, 1.807) is 12.2 Å². The first-order valence-electron chi connectivity index (χ1n) is 11.5. The zero-order valence-corrected chi connectivity index (χ0v) is 19.3. The Morgan fingerprint density at radius 1 is 1.28 bits per heavy atom. The lowest BCUT2D eigenvalue weighted by molar-refractivity contribution is -0.203. The SMILES string of the molecule is COCC(=O)O[C@]1(C(=O)CO)CC[C@H]2[C@@H]3C[C@H](C)C4=CC(=O)C=C[C@]4(C)[C@H]3[C@@H](O)C[C@@]21C. The predicted octanol–water partition coefficient (Wildman–Crippen LogP) is 2.00. The Labute approximate surface area is 188 Å². The summed E-state index contributed by atoms with van der Waals surface area (Å²) < 4.78 is 10.7. The van der Waals surface area contributed by atoms with Crippen LogP contribution in [0.5, 0.6) is 0 Å². The average Bonchev–Trinajstić information content (AvgIpc) is 3.01. The van der Waals surface area contributed by atoms with Gasteiger partial charge < -0.3 is 19.7 Å². The summed E-state index contributed by atoms with van der Waals surface area (Å²) in [6.07, 6.45) is 6.59. The van der Waals surface area contributed by atoms with E-state index in [4.69, 9.17) is 9.47 Å². The Morgan fingerprint density at radius 3 is 2.66 bits per heavy atom. The van der Waals surface area contributed by atoms with E-state index in [-0.39, 0.29) is 42.5 Å². The molecule has 0 aliphatic heterocycles. The van der Waals surface area contributed by atoms with Crippen molar-refractivity contribution in [3.63, 3.8) is 0 Å². The second kappa shape index (κ2) is 7.89. The minimum Gasteiger partial charge on any atom is -0.449 e. The van der Waals surface area contributed by atoms with Gasteiger partial charge in [-0.2, -0.15) is 0 Å². The third kappa shape index (κ3) is 3.08. The second-order valence-electron chi connectivity index (χ2n) is 10.6. The standard InChI is InChI=1S/C25H34O7/c1-14-9-16-17-6-8-25(20(29)12-26,32-21(30)13-31-4)24(17,3)11-19(28)22(16)23(2)7-5-15(27)10-18(14)23/h5,7,10,14,16-17,19,22,26,28H,6,8-9,11-13H2,1-4H3/t14-,16-,17-,19-,22+,23-,24-,25-/m0/s1. The molecule has 0 aromatic rings. The first-order chi connectivity index (χ1) is 15.0. The molecule has 8 atom stereocenters. The maximum absolute atomic E-state index is 13.1. The van der Waals surface area contributed by atoms with Crippen LogP contribution in [0.1, 0.15) is 46.5 Å². The van der Waals surface area contributed by atoms with Gasteiger partial charge in [-0.05, 0) is 55.6 Å². The van der Waals surface area contributed by atoms with Crippen LogP contribution in [0.4, 0.5) is 0 Å².